The van der Waals surface area contributed by atoms with Crippen LogP contribution in [0.5, 0.6) is 5.75 Å². The smallest absolute Gasteiger partial charge is 0.232 e. The molecule has 96 valence electrons. The minimum atomic E-state index is -3.26. The van der Waals surface area contributed by atoms with Crippen LogP contribution in [0.25, 0.3) is 0 Å². The van der Waals surface area contributed by atoms with E-state index in [1.54, 1.807) is 32.4 Å². The average molecular weight is 258 g/mol. The van der Waals surface area contributed by atoms with Crippen molar-refractivity contribution in [3.05, 3.63) is 18.2 Å². The van der Waals surface area contributed by atoms with Gasteiger partial charge in [-0.05, 0) is 18.6 Å². The highest BCUT2D eigenvalue weighted by Gasteiger charge is 2.10. The summed E-state index contributed by atoms with van der Waals surface area (Å²) in [6.45, 7) is 1.82. The summed E-state index contributed by atoms with van der Waals surface area (Å²) in [6.07, 6.45) is 0.584. The largest absolute Gasteiger partial charge is 0.495 e. The topological polar surface area (TPSA) is 67.4 Å². The monoisotopic (exact) mass is 258 g/mol. The molecule has 0 aliphatic rings. The van der Waals surface area contributed by atoms with Gasteiger partial charge in [0.25, 0.3) is 0 Å². The molecule has 17 heavy (non-hydrogen) atoms. The minimum Gasteiger partial charge on any atom is -0.495 e. The molecule has 0 spiro atoms. The molecule has 1 rings (SSSR count). The summed E-state index contributed by atoms with van der Waals surface area (Å²) in [5.74, 6) is 0.715. The van der Waals surface area contributed by atoms with Crippen molar-refractivity contribution in [2.24, 2.45) is 0 Å². The van der Waals surface area contributed by atoms with E-state index < -0.39 is 10.0 Å². The van der Waals surface area contributed by atoms with E-state index in [0.717, 1.165) is 5.69 Å². The normalized spacial score (nSPS) is 11.0. The van der Waals surface area contributed by atoms with Crippen LogP contribution >= 0.6 is 0 Å². The molecular weight excluding hydrogens is 240 g/mol. The zero-order valence-corrected chi connectivity index (χ0v) is 11.1. The van der Waals surface area contributed by atoms with Crippen LogP contribution in [-0.4, -0.2) is 28.3 Å². The molecule has 6 heteroatoms. The lowest BCUT2D eigenvalue weighted by atomic mass is 10.2. The molecule has 0 aliphatic heterocycles. The fourth-order valence-electron chi connectivity index (χ4n) is 1.46. The van der Waals surface area contributed by atoms with E-state index in [9.17, 15) is 8.42 Å². The first-order valence-corrected chi connectivity index (χ1v) is 7.04. The number of anilines is 2. The number of sulfonamides is 1. The number of hydrogen-bond donors (Lipinski definition) is 2. The van der Waals surface area contributed by atoms with Gasteiger partial charge in [-0.3, -0.25) is 4.72 Å². The van der Waals surface area contributed by atoms with Crippen LogP contribution in [0.15, 0.2) is 18.2 Å². The lowest BCUT2D eigenvalue weighted by Crippen LogP contribution is -2.16. The van der Waals surface area contributed by atoms with Gasteiger partial charge in [-0.25, -0.2) is 8.42 Å². The fourth-order valence-corrected chi connectivity index (χ4v) is 2.59. The predicted molar refractivity (Wildman–Crippen MR) is 70.2 cm³/mol. The first-order valence-electron chi connectivity index (χ1n) is 5.38. The second-order valence-electron chi connectivity index (χ2n) is 3.59. The molecule has 0 saturated heterocycles. The maximum atomic E-state index is 11.6. The molecule has 1 aromatic rings. The van der Waals surface area contributed by atoms with Crippen LogP contribution in [0.1, 0.15) is 13.3 Å². The average Bonchev–Trinajstić information content (AvgIpc) is 2.28. The summed E-state index contributed by atoms with van der Waals surface area (Å²) in [7, 11) is 0.0635. The van der Waals surface area contributed by atoms with Crippen LogP contribution in [0.2, 0.25) is 0 Å². The highest BCUT2D eigenvalue weighted by atomic mass is 32.2. The van der Waals surface area contributed by atoms with Crippen molar-refractivity contribution >= 4 is 21.4 Å². The van der Waals surface area contributed by atoms with E-state index in [-0.39, 0.29) is 5.75 Å². The van der Waals surface area contributed by atoms with Gasteiger partial charge in [0.05, 0.1) is 24.2 Å². The Morgan fingerprint density at radius 2 is 2.06 bits per heavy atom. The third-order valence-corrected chi connectivity index (χ3v) is 3.71. The Labute approximate surface area is 102 Å². The molecule has 0 aromatic heterocycles. The highest BCUT2D eigenvalue weighted by molar-refractivity contribution is 7.92. The van der Waals surface area contributed by atoms with Gasteiger partial charge < -0.3 is 10.1 Å². The molecule has 0 radical (unpaired) electrons. The Hall–Kier alpha value is -1.43. The van der Waals surface area contributed by atoms with Gasteiger partial charge >= 0.3 is 0 Å². The van der Waals surface area contributed by atoms with E-state index >= 15 is 0 Å². The number of methoxy groups -OCH3 is 1. The van der Waals surface area contributed by atoms with Gasteiger partial charge in [0.2, 0.25) is 10.0 Å². The number of rotatable bonds is 6. The van der Waals surface area contributed by atoms with E-state index in [0.29, 0.717) is 17.9 Å². The number of ether oxygens (including phenoxy) is 1. The summed E-state index contributed by atoms with van der Waals surface area (Å²) in [6, 6.07) is 5.11. The van der Waals surface area contributed by atoms with Crippen molar-refractivity contribution in [1.29, 1.82) is 0 Å². The van der Waals surface area contributed by atoms with E-state index in [4.69, 9.17) is 4.74 Å². The van der Waals surface area contributed by atoms with Crippen molar-refractivity contribution in [3.8, 4) is 5.75 Å². The molecule has 0 saturated carbocycles. The highest BCUT2D eigenvalue weighted by Crippen LogP contribution is 2.27. The standard InChI is InChI=1S/C11H18N2O3S/c1-4-7-17(14,15)13-9-5-6-10(12-2)11(8-9)16-3/h5-6,8,12-13H,4,7H2,1-3H3. The minimum absolute atomic E-state index is 0.114. The molecule has 5 nitrogen and oxygen atoms in total. The van der Waals surface area contributed by atoms with E-state index in [2.05, 4.69) is 10.0 Å². The Bertz CT molecular complexity index is 472. The second kappa shape index (κ2) is 5.77. The lowest BCUT2D eigenvalue weighted by molar-refractivity contribution is 0.417. The first-order chi connectivity index (χ1) is 8.02. The predicted octanol–water partition coefficient (Wildman–Crippen LogP) is 1.89. The fraction of sp³-hybridized carbons (Fsp3) is 0.455. The van der Waals surface area contributed by atoms with Crippen molar-refractivity contribution in [1.82, 2.24) is 0 Å². The molecule has 1 aromatic carbocycles. The third-order valence-electron chi connectivity index (χ3n) is 2.22. The molecule has 0 aliphatic carbocycles. The quantitative estimate of drug-likeness (QED) is 0.817. The van der Waals surface area contributed by atoms with Gasteiger partial charge in [0.15, 0.2) is 0 Å². The molecular formula is C11H18N2O3S. The molecule has 0 heterocycles. The first kappa shape index (κ1) is 13.6. The summed E-state index contributed by atoms with van der Waals surface area (Å²) >= 11 is 0. The third kappa shape index (κ3) is 3.81. The zero-order valence-electron chi connectivity index (χ0n) is 10.3. The van der Waals surface area contributed by atoms with Crippen LogP contribution in [0.4, 0.5) is 11.4 Å². The number of hydrogen-bond acceptors (Lipinski definition) is 4. The lowest BCUT2D eigenvalue weighted by Gasteiger charge is -2.11. The number of benzene rings is 1. The number of nitrogens with one attached hydrogen (secondary N) is 2. The summed E-state index contributed by atoms with van der Waals surface area (Å²) in [4.78, 5) is 0. The van der Waals surface area contributed by atoms with E-state index in [1.807, 2.05) is 6.92 Å². The Morgan fingerprint density at radius 1 is 1.35 bits per heavy atom. The Balaban J connectivity index is 2.93. The van der Waals surface area contributed by atoms with Crippen molar-refractivity contribution in [3.63, 3.8) is 0 Å². The van der Waals surface area contributed by atoms with Crippen LogP contribution in [-0.2, 0) is 10.0 Å². The van der Waals surface area contributed by atoms with Crippen molar-refractivity contribution in [2.45, 2.75) is 13.3 Å². The van der Waals surface area contributed by atoms with Gasteiger partial charge in [0, 0.05) is 13.1 Å². The zero-order chi connectivity index (χ0) is 12.9. The van der Waals surface area contributed by atoms with Gasteiger partial charge in [0.1, 0.15) is 5.75 Å². The van der Waals surface area contributed by atoms with Crippen LogP contribution in [0.3, 0.4) is 0 Å². The van der Waals surface area contributed by atoms with Crippen LogP contribution < -0.4 is 14.8 Å². The Kier molecular flexibility index (Phi) is 4.62. The molecule has 0 atom stereocenters. The summed E-state index contributed by atoms with van der Waals surface area (Å²) in [5.41, 5.74) is 1.32. The maximum absolute atomic E-state index is 11.6. The summed E-state index contributed by atoms with van der Waals surface area (Å²) < 4.78 is 30.8. The van der Waals surface area contributed by atoms with Gasteiger partial charge in [-0.15, -0.1) is 0 Å². The molecule has 0 fully saturated rings. The molecule has 2 N–H and O–H groups in total. The SMILES string of the molecule is CCCS(=O)(=O)Nc1ccc(NC)c(OC)c1. The van der Waals surface area contributed by atoms with Gasteiger partial charge in [-0.2, -0.15) is 0 Å². The second-order valence-corrected chi connectivity index (χ2v) is 5.43. The van der Waals surface area contributed by atoms with Crippen LogP contribution in [0, 0.1) is 0 Å². The van der Waals surface area contributed by atoms with Gasteiger partial charge in [-0.1, -0.05) is 6.92 Å². The van der Waals surface area contributed by atoms with Crippen molar-refractivity contribution < 1.29 is 13.2 Å². The molecule has 0 unspecified atom stereocenters. The maximum Gasteiger partial charge on any atom is 0.232 e. The Morgan fingerprint density at radius 3 is 2.59 bits per heavy atom. The molecule has 0 amide bonds. The summed E-state index contributed by atoms with van der Waals surface area (Å²) in [5, 5.41) is 2.96. The molecule has 0 bridgehead atoms. The van der Waals surface area contributed by atoms with Crippen molar-refractivity contribution in [2.75, 3.05) is 29.9 Å². The van der Waals surface area contributed by atoms with E-state index in [1.165, 1.54) is 0 Å².